The topological polar surface area (TPSA) is 25.8 Å². The zero-order chi connectivity index (χ0) is 27.9. The SMILES string of the molecule is c1ccc(-c2ccc(-c3cc(-c4ccccc4)nc(-c4c5ccccc5cc5ccc6ccccc6c45)n3)cc2)cc1. The van der Waals surface area contributed by atoms with Crippen LogP contribution in [0.15, 0.2) is 158 Å². The van der Waals surface area contributed by atoms with E-state index in [1.54, 1.807) is 0 Å². The molecule has 0 aliphatic carbocycles. The molecule has 0 spiro atoms. The number of aromatic nitrogens is 2. The van der Waals surface area contributed by atoms with Gasteiger partial charge >= 0.3 is 0 Å². The number of hydrogen-bond donors (Lipinski definition) is 0. The second-order valence-corrected chi connectivity index (χ2v) is 10.6. The Morgan fingerprint density at radius 2 is 0.833 bits per heavy atom. The lowest BCUT2D eigenvalue weighted by Gasteiger charge is -2.15. The minimum absolute atomic E-state index is 0.733. The van der Waals surface area contributed by atoms with E-state index >= 15 is 0 Å². The normalized spacial score (nSPS) is 11.3. The summed E-state index contributed by atoms with van der Waals surface area (Å²) in [6.45, 7) is 0. The minimum Gasteiger partial charge on any atom is -0.228 e. The van der Waals surface area contributed by atoms with Crippen LogP contribution in [0.5, 0.6) is 0 Å². The molecular weight excluding hydrogens is 508 g/mol. The van der Waals surface area contributed by atoms with E-state index in [-0.39, 0.29) is 0 Å². The van der Waals surface area contributed by atoms with Gasteiger partial charge in [-0.05, 0) is 50.2 Å². The fraction of sp³-hybridized carbons (Fsp3) is 0. The molecule has 7 aromatic carbocycles. The van der Waals surface area contributed by atoms with Crippen LogP contribution >= 0.6 is 0 Å². The van der Waals surface area contributed by atoms with Gasteiger partial charge in [0, 0.05) is 22.1 Å². The average molecular weight is 535 g/mol. The van der Waals surface area contributed by atoms with Gasteiger partial charge in [-0.25, -0.2) is 9.97 Å². The van der Waals surface area contributed by atoms with E-state index in [9.17, 15) is 0 Å². The summed E-state index contributed by atoms with van der Waals surface area (Å²) >= 11 is 0. The predicted molar refractivity (Wildman–Crippen MR) is 176 cm³/mol. The fourth-order valence-electron chi connectivity index (χ4n) is 6.00. The molecule has 2 nitrogen and oxygen atoms in total. The Morgan fingerprint density at radius 1 is 0.333 bits per heavy atom. The highest BCUT2D eigenvalue weighted by Crippen LogP contribution is 2.40. The number of nitrogens with zero attached hydrogens (tertiary/aromatic N) is 2. The van der Waals surface area contributed by atoms with Crippen LogP contribution in [-0.4, -0.2) is 9.97 Å². The number of benzene rings is 7. The van der Waals surface area contributed by atoms with Gasteiger partial charge in [0.2, 0.25) is 0 Å². The second kappa shape index (κ2) is 10.1. The van der Waals surface area contributed by atoms with Gasteiger partial charge in [0.25, 0.3) is 0 Å². The highest BCUT2D eigenvalue weighted by Gasteiger charge is 2.18. The van der Waals surface area contributed by atoms with E-state index in [4.69, 9.17) is 9.97 Å². The third-order valence-corrected chi connectivity index (χ3v) is 8.06. The molecule has 0 unspecified atom stereocenters. The molecule has 0 aliphatic heterocycles. The fourth-order valence-corrected chi connectivity index (χ4v) is 6.00. The lowest BCUT2D eigenvalue weighted by Crippen LogP contribution is -1.98. The summed E-state index contributed by atoms with van der Waals surface area (Å²) < 4.78 is 0. The lowest BCUT2D eigenvalue weighted by molar-refractivity contribution is 1.19. The van der Waals surface area contributed by atoms with Gasteiger partial charge in [0.15, 0.2) is 5.82 Å². The quantitative estimate of drug-likeness (QED) is 0.166. The van der Waals surface area contributed by atoms with Gasteiger partial charge in [-0.2, -0.15) is 0 Å². The van der Waals surface area contributed by atoms with Crippen molar-refractivity contribution in [3.05, 3.63) is 158 Å². The van der Waals surface area contributed by atoms with Gasteiger partial charge < -0.3 is 0 Å². The van der Waals surface area contributed by atoms with E-state index in [1.807, 2.05) is 12.1 Å². The van der Waals surface area contributed by atoms with Gasteiger partial charge in [-0.3, -0.25) is 0 Å². The molecule has 0 amide bonds. The molecule has 42 heavy (non-hydrogen) atoms. The van der Waals surface area contributed by atoms with Crippen molar-refractivity contribution in [2.24, 2.45) is 0 Å². The third-order valence-electron chi connectivity index (χ3n) is 8.06. The maximum atomic E-state index is 5.30. The van der Waals surface area contributed by atoms with Gasteiger partial charge in [-0.1, -0.05) is 146 Å². The van der Waals surface area contributed by atoms with Crippen LogP contribution < -0.4 is 0 Å². The molecule has 8 aromatic rings. The van der Waals surface area contributed by atoms with Crippen LogP contribution in [0.1, 0.15) is 0 Å². The molecule has 1 heterocycles. The van der Waals surface area contributed by atoms with E-state index < -0.39 is 0 Å². The molecule has 1 aromatic heterocycles. The molecule has 8 rings (SSSR count). The zero-order valence-corrected chi connectivity index (χ0v) is 22.9. The molecule has 0 bridgehead atoms. The molecule has 0 fully saturated rings. The van der Waals surface area contributed by atoms with E-state index in [2.05, 4.69) is 146 Å². The molecule has 0 radical (unpaired) electrons. The van der Waals surface area contributed by atoms with Crippen LogP contribution in [0, 0.1) is 0 Å². The molecule has 0 atom stereocenters. The van der Waals surface area contributed by atoms with Crippen LogP contribution in [-0.2, 0) is 0 Å². The van der Waals surface area contributed by atoms with Crippen molar-refractivity contribution in [2.75, 3.05) is 0 Å². The first-order valence-electron chi connectivity index (χ1n) is 14.3. The Morgan fingerprint density at radius 3 is 1.55 bits per heavy atom. The summed E-state index contributed by atoms with van der Waals surface area (Å²) in [5.74, 6) is 0.733. The third kappa shape index (κ3) is 4.22. The van der Waals surface area contributed by atoms with Gasteiger partial charge in [0.05, 0.1) is 11.4 Å². The summed E-state index contributed by atoms with van der Waals surface area (Å²) in [7, 11) is 0. The average Bonchev–Trinajstić information content (AvgIpc) is 3.08. The van der Waals surface area contributed by atoms with Crippen molar-refractivity contribution >= 4 is 32.3 Å². The van der Waals surface area contributed by atoms with Crippen LogP contribution in [0.3, 0.4) is 0 Å². The van der Waals surface area contributed by atoms with Crippen molar-refractivity contribution in [1.29, 1.82) is 0 Å². The summed E-state index contributed by atoms with van der Waals surface area (Å²) in [6.07, 6.45) is 0. The summed E-state index contributed by atoms with van der Waals surface area (Å²) in [5, 5.41) is 7.11. The maximum absolute atomic E-state index is 5.30. The van der Waals surface area contributed by atoms with Gasteiger partial charge in [0.1, 0.15) is 0 Å². The van der Waals surface area contributed by atoms with E-state index in [0.29, 0.717) is 0 Å². The second-order valence-electron chi connectivity index (χ2n) is 10.6. The smallest absolute Gasteiger partial charge is 0.161 e. The molecule has 2 heteroatoms. The molecule has 0 N–H and O–H groups in total. The Hall–Kier alpha value is -5.60. The first-order chi connectivity index (χ1) is 20.8. The van der Waals surface area contributed by atoms with Crippen LogP contribution in [0.4, 0.5) is 0 Å². The van der Waals surface area contributed by atoms with Gasteiger partial charge in [-0.15, -0.1) is 0 Å². The van der Waals surface area contributed by atoms with Crippen LogP contribution in [0.25, 0.3) is 77.3 Å². The molecule has 0 saturated carbocycles. The highest BCUT2D eigenvalue weighted by atomic mass is 14.9. The Kier molecular flexibility index (Phi) is 5.82. The number of hydrogen-bond acceptors (Lipinski definition) is 2. The molecule has 0 saturated heterocycles. The number of rotatable bonds is 4. The van der Waals surface area contributed by atoms with Crippen molar-refractivity contribution < 1.29 is 0 Å². The van der Waals surface area contributed by atoms with Crippen molar-refractivity contribution in [1.82, 2.24) is 9.97 Å². The molecular formula is C40H26N2. The highest BCUT2D eigenvalue weighted by molar-refractivity contribution is 6.21. The molecule has 0 aliphatic rings. The Balaban J connectivity index is 1.42. The maximum Gasteiger partial charge on any atom is 0.161 e. The van der Waals surface area contributed by atoms with Crippen molar-refractivity contribution in [2.45, 2.75) is 0 Å². The zero-order valence-electron chi connectivity index (χ0n) is 22.9. The lowest BCUT2D eigenvalue weighted by atomic mass is 9.92. The summed E-state index contributed by atoms with van der Waals surface area (Å²) in [4.78, 5) is 10.6. The molecule has 196 valence electrons. The Bertz CT molecular complexity index is 2220. The first kappa shape index (κ1) is 24.2. The minimum atomic E-state index is 0.733. The standard InChI is InChI=1S/C40H26N2/c1-3-11-27(12-4-1)28-19-22-31(23-20-28)37-26-36(30-14-5-2-6-15-30)41-40(42-37)39-35-18-10-8-16-32(35)25-33-24-21-29-13-7-9-17-34(29)38(33)39/h1-26H. The largest absolute Gasteiger partial charge is 0.228 e. The number of fused-ring (bicyclic) bond motifs is 4. The monoisotopic (exact) mass is 534 g/mol. The van der Waals surface area contributed by atoms with Crippen molar-refractivity contribution in [3.63, 3.8) is 0 Å². The summed E-state index contributed by atoms with van der Waals surface area (Å²) in [5.41, 5.74) is 7.39. The first-order valence-corrected chi connectivity index (χ1v) is 14.3. The summed E-state index contributed by atoms with van der Waals surface area (Å²) in [6, 6.07) is 55.5. The van der Waals surface area contributed by atoms with E-state index in [0.717, 1.165) is 39.3 Å². The predicted octanol–water partition coefficient (Wildman–Crippen LogP) is 10.6. The van der Waals surface area contributed by atoms with Crippen LogP contribution in [0.2, 0.25) is 0 Å². The Labute approximate surface area is 244 Å². The van der Waals surface area contributed by atoms with Crippen molar-refractivity contribution in [3.8, 4) is 45.0 Å². The van der Waals surface area contributed by atoms with E-state index in [1.165, 1.54) is 38.1 Å².